The molecule has 0 spiro atoms. The third kappa shape index (κ3) is 3.72. The zero-order valence-electron chi connectivity index (χ0n) is 10.8. The van der Waals surface area contributed by atoms with Crippen molar-refractivity contribution >= 4 is 22.9 Å². The highest BCUT2D eigenvalue weighted by atomic mass is 32.1. The molecule has 0 amide bonds. The number of hydrogen-bond donors (Lipinski definition) is 1. The molecule has 0 saturated heterocycles. The standard InChI is InChI=1S/C14H16N4S/c1-18(9-5-11-2-6-16-7-3-11)12-4-8-17-13(10-12)14(15)19/h2-4,6-8,10H,5,9H2,1H3,(H2,15,19). The number of nitrogens with two attached hydrogens (primary N) is 1. The molecule has 2 aromatic rings. The van der Waals surface area contributed by atoms with Crippen LogP contribution in [0.5, 0.6) is 0 Å². The number of nitrogens with zero attached hydrogens (tertiary/aromatic N) is 3. The second kappa shape index (κ2) is 6.24. The van der Waals surface area contributed by atoms with E-state index in [9.17, 15) is 0 Å². The average Bonchev–Trinajstić information content (AvgIpc) is 2.46. The maximum atomic E-state index is 5.59. The molecule has 0 unspecified atom stereocenters. The fraction of sp³-hybridized carbons (Fsp3) is 0.214. The highest BCUT2D eigenvalue weighted by Gasteiger charge is 2.04. The Hall–Kier alpha value is -2.01. The van der Waals surface area contributed by atoms with Gasteiger partial charge in [-0.2, -0.15) is 0 Å². The van der Waals surface area contributed by atoms with Crippen molar-refractivity contribution < 1.29 is 0 Å². The number of pyridine rings is 2. The van der Waals surface area contributed by atoms with Crippen molar-refractivity contribution in [1.29, 1.82) is 0 Å². The molecule has 0 aliphatic heterocycles. The quantitative estimate of drug-likeness (QED) is 0.841. The Morgan fingerprint density at radius 1 is 1.26 bits per heavy atom. The molecule has 2 aromatic heterocycles. The number of likely N-dealkylation sites (N-methyl/N-ethyl adjacent to an activating group) is 1. The van der Waals surface area contributed by atoms with Crippen LogP contribution in [0.25, 0.3) is 0 Å². The molecule has 19 heavy (non-hydrogen) atoms. The van der Waals surface area contributed by atoms with E-state index in [4.69, 9.17) is 18.0 Å². The van der Waals surface area contributed by atoms with Gasteiger partial charge < -0.3 is 10.6 Å². The Morgan fingerprint density at radius 2 is 2.00 bits per heavy atom. The van der Waals surface area contributed by atoms with Gasteiger partial charge in [0.1, 0.15) is 4.99 Å². The largest absolute Gasteiger partial charge is 0.388 e. The lowest BCUT2D eigenvalue weighted by Gasteiger charge is -2.19. The Morgan fingerprint density at radius 3 is 2.68 bits per heavy atom. The lowest BCUT2D eigenvalue weighted by molar-refractivity contribution is 0.873. The molecule has 2 N–H and O–H groups in total. The van der Waals surface area contributed by atoms with Crippen LogP contribution in [0.15, 0.2) is 42.9 Å². The van der Waals surface area contributed by atoms with Crippen LogP contribution in [0, 0.1) is 0 Å². The van der Waals surface area contributed by atoms with Crippen LogP contribution in [0.2, 0.25) is 0 Å². The molecule has 0 saturated carbocycles. The maximum Gasteiger partial charge on any atom is 0.122 e. The summed E-state index contributed by atoms with van der Waals surface area (Å²) in [6, 6.07) is 7.92. The van der Waals surface area contributed by atoms with Gasteiger partial charge in [0, 0.05) is 37.9 Å². The molecule has 5 heteroatoms. The first-order chi connectivity index (χ1) is 9.16. The average molecular weight is 272 g/mol. The fourth-order valence-electron chi connectivity index (χ4n) is 1.77. The number of hydrogen-bond acceptors (Lipinski definition) is 4. The van der Waals surface area contributed by atoms with E-state index in [0.29, 0.717) is 10.7 Å². The smallest absolute Gasteiger partial charge is 0.122 e. The molecule has 0 aliphatic carbocycles. The van der Waals surface area contributed by atoms with E-state index in [0.717, 1.165) is 18.7 Å². The molecule has 0 atom stereocenters. The minimum absolute atomic E-state index is 0.324. The van der Waals surface area contributed by atoms with E-state index >= 15 is 0 Å². The van der Waals surface area contributed by atoms with E-state index in [1.165, 1.54) is 5.56 Å². The van der Waals surface area contributed by atoms with Gasteiger partial charge in [-0.1, -0.05) is 12.2 Å². The number of rotatable bonds is 5. The van der Waals surface area contributed by atoms with Crippen molar-refractivity contribution in [3.63, 3.8) is 0 Å². The zero-order valence-corrected chi connectivity index (χ0v) is 11.6. The van der Waals surface area contributed by atoms with Gasteiger partial charge in [0.2, 0.25) is 0 Å². The third-order valence-corrected chi connectivity index (χ3v) is 3.13. The van der Waals surface area contributed by atoms with E-state index < -0.39 is 0 Å². The van der Waals surface area contributed by atoms with E-state index in [-0.39, 0.29) is 0 Å². The van der Waals surface area contributed by atoms with E-state index in [1.807, 2.05) is 43.7 Å². The van der Waals surface area contributed by atoms with Crippen LogP contribution in [0.4, 0.5) is 5.69 Å². The van der Waals surface area contributed by atoms with Crippen LogP contribution in [0.3, 0.4) is 0 Å². The lowest BCUT2D eigenvalue weighted by atomic mass is 10.2. The highest BCUT2D eigenvalue weighted by Crippen LogP contribution is 2.13. The van der Waals surface area contributed by atoms with Crippen molar-refractivity contribution in [2.45, 2.75) is 6.42 Å². The first-order valence-corrected chi connectivity index (χ1v) is 6.43. The predicted molar refractivity (Wildman–Crippen MR) is 81.3 cm³/mol. The van der Waals surface area contributed by atoms with E-state index in [1.54, 1.807) is 6.20 Å². The van der Waals surface area contributed by atoms with Gasteiger partial charge in [0.05, 0.1) is 5.69 Å². The zero-order chi connectivity index (χ0) is 13.7. The number of anilines is 1. The Bertz CT molecular complexity index is 556. The van der Waals surface area contributed by atoms with Crippen LogP contribution < -0.4 is 10.6 Å². The van der Waals surface area contributed by atoms with E-state index in [2.05, 4.69) is 14.9 Å². The third-order valence-electron chi connectivity index (χ3n) is 2.92. The normalized spacial score (nSPS) is 10.2. The summed E-state index contributed by atoms with van der Waals surface area (Å²) < 4.78 is 0. The molecular weight excluding hydrogens is 256 g/mol. The Kier molecular flexibility index (Phi) is 4.41. The van der Waals surface area contributed by atoms with Gasteiger partial charge in [0.15, 0.2) is 0 Å². The second-order valence-corrected chi connectivity index (χ2v) is 4.73. The summed E-state index contributed by atoms with van der Waals surface area (Å²) >= 11 is 4.94. The van der Waals surface area contributed by atoms with Crippen LogP contribution in [0.1, 0.15) is 11.3 Å². The molecule has 98 valence electrons. The van der Waals surface area contributed by atoms with Crippen molar-refractivity contribution in [1.82, 2.24) is 9.97 Å². The molecule has 2 rings (SSSR count). The molecule has 0 aliphatic rings. The number of thiocarbonyl (C=S) groups is 1. The van der Waals surface area contributed by atoms with Crippen molar-refractivity contribution in [3.05, 3.63) is 54.1 Å². The van der Waals surface area contributed by atoms with Crippen LogP contribution >= 0.6 is 12.2 Å². The monoisotopic (exact) mass is 272 g/mol. The minimum atomic E-state index is 0.324. The van der Waals surface area contributed by atoms with Crippen molar-refractivity contribution in [2.75, 3.05) is 18.5 Å². The van der Waals surface area contributed by atoms with Gasteiger partial charge in [0.25, 0.3) is 0 Å². The molecule has 0 radical (unpaired) electrons. The van der Waals surface area contributed by atoms with Gasteiger partial charge in [-0.25, -0.2) is 0 Å². The summed E-state index contributed by atoms with van der Waals surface area (Å²) in [5, 5.41) is 0. The summed E-state index contributed by atoms with van der Waals surface area (Å²) in [5.74, 6) is 0. The molecule has 0 aromatic carbocycles. The van der Waals surface area contributed by atoms with Crippen LogP contribution in [-0.4, -0.2) is 28.5 Å². The van der Waals surface area contributed by atoms with Gasteiger partial charge in [-0.15, -0.1) is 0 Å². The molecule has 0 bridgehead atoms. The SMILES string of the molecule is CN(CCc1ccncc1)c1ccnc(C(N)=S)c1. The second-order valence-electron chi connectivity index (χ2n) is 4.29. The van der Waals surface area contributed by atoms with Gasteiger partial charge in [-0.05, 0) is 36.2 Å². The first-order valence-electron chi connectivity index (χ1n) is 6.02. The lowest BCUT2D eigenvalue weighted by Crippen LogP contribution is -2.21. The number of aromatic nitrogens is 2. The molecule has 2 heterocycles. The molecule has 4 nitrogen and oxygen atoms in total. The fourth-order valence-corrected chi connectivity index (χ4v) is 1.88. The van der Waals surface area contributed by atoms with Gasteiger partial charge in [-0.3, -0.25) is 9.97 Å². The Labute approximate surface area is 118 Å². The molecular formula is C14H16N4S. The topological polar surface area (TPSA) is 55.0 Å². The summed E-state index contributed by atoms with van der Waals surface area (Å²) in [7, 11) is 2.04. The summed E-state index contributed by atoms with van der Waals surface area (Å²) in [6.07, 6.45) is 6.32. The van der Waals surface area contributed by atoms with Gasteiger partial charge >= 0.3 is 0 Å². The Balaban J connectivity index is 2.02. The maximum absolute atomic E-state index is 5.59. The summed E-state index contributed by atoms with van der Waals surface area (Å²) in [6.45, 7) is 0.908. The van der Waals surface area contributed by atoms with Crippen molar-refractivity contribution in [3.8, 4) is 0 Å². The molecule has 0 fully saturated rings. The highest BCUT2D eigenvalue weighted by molar-refractivity contribution is 7.80. The van der Waals surface area contributed by atoms with Crippen molar-refractivity contribution in [2.24, 2.45) is 5.73 Å². The first kappa shape index (κ1) is 13.4. The summed E-state index contributed by atoms with van der Waals surface area (Å²) in [4.78, 5) is 10.6. The summed E-state index contributed by atoms with van der Waals surface area (Å²) in [5.41, 5.74) is 8.58. The predicted octanol–water partition coefficient (Wildman–Crippen LogP) is 1.79. The van der Waals surface area contributed by atoms with Crippen LogP contribution in [-0.2, 0) is 6.42 Å². The minimum Gasteiger partial charge on any atom is -0.388 e.